The summed E-state index contributed by atoms with van der Waals surface area (Å²) in [5.74, 6) is 1.04. The molecular formula is C82H97ClIN12NaO12. The van der Waals surface area contributed by atoms with Crippen LogP contribution in [0, 0.1) is 78.1 Å². The van der Waals surface area contributed by atoms with Gasteiger partial charge in [0.1, 0.15) is 0 Å². The third kappa shape index (κ3) is 24.6. The second-order valence-corrected chi connectivity index (χ2v) is 29.3. The van der Waals surface area contributed by atoms with E-state index in [1.54, 1.807) is 49.4 Å². The SMILES string of the molecule is CC(C)I.COC(=O)c1ccc(C)c(-c2[nH][nH]c(=O)c2C)c1.COC(=O)c1ccc(C)c(-c2[nH]nc(OC(C)C)c2C)c1.Cc1ccc(C(=O)N2CC(c3ccc(C#N)cc3)C2)cc1-c1[nH]nc(OC(C)C)c1C.Cc1ccc(C(=O)O)cc1-c1[nH]nc(OC(C)C)c1C.Cl.N#Cc1ccc(C2CNC2)cc1.[Na+].[OH-]. The molecule has 2 saturated heterocycles. The number of rotatable bonds is 16. The maximum Gasteiger partial charge on any atom is 1.00 e. The van der Waals surface area contributed by atoms with Crippen LogP contribution in [0.5, 0.6) is 17.6 Å². The molecule has 0 spiro atoms. The Balaban J connectivity index is 0.000000290. The Labute approximate surface area is 679 Å². The van der Waals surface area contributed by atoms with Gasteiger partial charge in [0.2, 0.25) is 17.6 Å². The van der Waals surface area contributed by atoms with E-state index in [0.717, 1.165) is 101 Å². The second-order valence-electron chi connectivity index (χ2n) is 26.8. The number of nitrogens with zero attached hydrogens (tertiary/aromatic N) is 6. The molecule has 8 N–H and O–H groups in total. The van der Waals surface area contributed by atoms with Gasteiger partial charge in [-0.05, 0) is 203 Å². The molecule has 572 valence electrons. The summed E-state index contributed by atoms with van der Waals surface area (Å²) in [6, 6.07) is 41.3. The molecule has 27 heteroatoms. The number of carboxylic acid groups (broad SMARTS) is 1. The Morgan fingerprint density at radius 3 is 1.12 bits per heavy atom. The normalized spacial score (nSPS) is 11.8. The first-order valence-electron chi connectivity index (χ1n) is 34.8. The van der Waals surface area contributed by atoms with Gasteiger partial charge in [-0.25, -0.2) is 14.4 Å². The Kier molecular flexibility index (Phi) is 35.9. The van der Waals surface area contributed by atoms with Gasteiger partial charge in [0.25, 0.3) is 11.5 Å². The van der Waals surface area contributed by atoms with Gasteiger partial charge in [-0.2, -0.15) is 10.5 Å². The number of benzene rings is 6. The number of nitriles is 2. The Morgan fingerprint density at radius 2 is 0.817 bits per heavy atom. The van der Waals surface area contributed by atoms with Gasteiger partial charge in [-0.15, -0.1) is 27.7 Å². The molecule has 1 amide bonds. The molecule has 2 fully saturated rings. The molecule has 2 aliphatic rings. The van der Waals surface area contributed by atoms with E-state index < -0.39 is 11.9 Å². The van der Waals surface area contributed by atoms with Crippen LogP contribution in [0.1, 0.15) is 175 Å². The van der Waals surface area contributed by atoms with E-state index in [0.29, 0.717) is 76.1 Å². The third-order valence-electron chi connectivity index (χ3n) is 17.3. The first-order chi connectivity index (χ1) is 50.4. The number of esters is 2. The quantitative estimate of drug-likeness (QED) is 0.0204. The molecule has 0 saturated carbocycles. The van der Waals surface area contributed by atoms with Crippen LogP contribution in [0.4, 0.5) is 0 Å². The molecule has 10 aromatic rings. The zero-order valence-electron chi connectivity index (χ0n) is 65.3. The number of nitrogens with one attached hydrogen (secondary N) is 6. The van der Waals surface area contributed by atoms with E-state index >= 15 is 0 Å². The number of hydrogen-bond acceptors (Lipinski definition) is 17. The van der Waals surface area contributed by atoms with Crippen molar-refractivity contribution in [2.75, 3.05) is 40.4 Å². The number of halogens is 2. The van der Waals surface area contributed by atoms with Crippen molar-refractivity contribution in [3.63, 3.8) is 0 Å². The number of aromatic amines is 5. The summed E-state index contributed by atoms with van der Waals surface area (Å²) in [6.07, 6.45) is 0.137. The van der Waals surface area contributed by atoms with Crippen LogP contribution in [0.2, 0.25) is 0 Å². The molecule has 2 aliphatic heterocycles. The summed E-state index contributed by atoms with van der Waals surface area (Å²) >= 11 is 2.34. The maximum atomic E-state index is 13.1. The van der Waals surface area contributed by atoms with Crippen molar-refractivity contribution in [2.45, 2.75) is 145 Å². The van der Waals surface area contributed by atoms with Crippen LogP contribution in [0.25, 0.3) is 45.0 Å². The summed E-state index contributed by atoms with van der Waals surface area (Å²) < 4.78 is 27.3. The molecule has 6 heterocycles. The Bertz CT molecular complexity index is 4840. The van der Waals surface area contributed by atoms with E-state index in [4.69, 9.17) is 34.6 Å². The van der Waals surface area contributed by atoms with Crippen molar-refractivity contribution in [3.8, 4) is 74.8 Å². The molecule has 0 aliphatic carbocycles. The average molecular weight is 1630 g/mol. The largest absolute Gasteiger partial charge is 1.00 e. The summed E-state index contributed by atoms with van der Waals surface area (Å²) in [5, 5.41) is 56.9. The van der Waals surface area contributed by atoms with E-state index in [9.17, 15) is 24.0 Å². The van der Waals surface area contributed by atoms with Gasteiger partial charge in [-0.3, -0.25) is 35.1 Å². The fourth-order valence-corrected chi connectivity index (χ4v) is 11.2. The zero-order valence-corrected chi connectivity index (χ0v) is 70.3. The van der Waals surface area contributed by atoms with E-state index in [1.165, 1.54) is 25.3 Å². The van der Waals surface area contributed by atoms with Crippen LogP contribution in [0.15, 0.2) is 126 Å². The number of likely N-dealkylation sites (tertiary alicyclic amines) is 1. The molecule has 0 atom stereocenters. The number of H-pyrrole nitrogens is 5. The van der Waals surface area contributed by atoms with Crippen molar-refractivity contribution in [1.82, 2.24) is 51.0 Å². The average Bonchev–Trinajstić information content (AvgIpc) is 1.70. The van der Waals surface area contributed by atoms with Crippen molar-refractivity contribution in [2.24, 2.45) is 0 Å². The van der Waals surface area contributed by atoms with Gasteiger partial charge < -0.3 is 44.5 Å². The Morgan fingerprint density at radius 1 is 0.495 bits per heavy atom. The number of carbonyl (C=O) groups is 4. The van der Waals surface area contributed by atoms with Gasteiger partial charge >= 0.3 is 47.5 Å². The molecular weight excluding hydrogens is 1530 g/mol. The minimum atomic E-state index is -0.943. The topological polar surface area (TPSA) is 362 Å². The zero-order chi connectivity index (χ0) is 77.8. The molecule has 0 bridgehead atoms. The van der Waals surface area contributed by atoms with E-state index in [2.05, 4.69) is 99.4 Å². The fraction of sp³-hybridized carbons (Fsp3) is 0.341. The number of methoxy groups -OCH3 is 2. The summed E-state index contributed by atoms with van der Waals surface area (Å²) in [5.41, 5.74) is 19.8. The van der Waals surface area contributed by atoms with Crippen LogP contribution in [-0.2, 0) is 9.47 Å². The standard InChI is InChI=1S/C25H26N4O2.C16H20N2O3.C15H18N2O3.C13H14N2O3.C10H10N2.C3H7I.ClH.Na.H2O/c1-15(2)31-24-17(4)23(27-28-24)22-11-20(8-5-16(22)3)25(30)29-13-21(14-29)19-9-6-18(12-26)7-10-19;1-9(2)21-15-11(4)14(17-18-15)13-8-12(16(19)20-5)7-6-10(13)3;1-8(2)20-14-10(4)13(16-17-14)12-7-11(15(18)19)6-5-9(12)3;1-7-4-5-9(13(17)18-3)6-10(7)11-8(2)12(16)15-14-11;11-5-8-1-3-9(4-2-8)10-6-12-7-10;1-3(2)4;;;/h5-11,15,21H,13-14H2,1-4H3,(H,27,28);6-9H,1-5H3,(H,17,18);5-8H,1-4H3,(H,16,17)(H,18,19);4-6H,1-3H3,(H2,14,15,16);1-4,10,12H,6-7H2;3H,1-2H3;1H;;1H2/q;;;;;;;+1;/p-1. The van der Waals surface area contributed by atoms with Crippen LogP contribution < -0.4 is 54.6 Å². The van der Waals surface area contributed by atoms with Gasteiger partial charge in [0, 0.05) is 92.0 Å². The molecule has 109 heavy (non-hydrogen) atoms. The number of ether oxygens (including phenoxy) is 5. The fourth-order valence-electron chi connectivity index (χ4n) is 11.2. The third-order valence-corrected chi connectivity index (χ3v) is 17.3. The first kappa shape index (κ1) is 91.5. The smallest absolute Gasteiger partial charge is 0.870 e. The minimum Gasteiger partial charge on any atom is -0.870 e. The van der Waals surface area contributed by atoms with Crippen LogP contribution in [0.3, 0.4) is 0 Å². The van der Waals surface area contributed by atoms with Crippen molar-refractivity contribution < 1.29 is 83.0 Å². The number of aryl methyl sites for hydroxylation is 4. The van der Waals surface area contributed by atoms with Crippen LogP contribution in [-0.4, -0.2) is 143 Å². The summed E-state index contributed by atoms with van der Waals surface area (Å²) in [7, 11) is 2.71. The molecule has 0 radical (unpaired) electrons. The summed E-state index contributed by atoms with van der Waals surface area (Å²) in [4.78, 5) is 60.6. The molecule has 24 nitrogen and oxygen atoms in total. The number of carboxylic acids is 1. The van der Waals surface area contributed by atoms with Gasteiger partial charge in [-0.1, -0.05) is 85.0 Å². The number of alkyl halides is 1. The maximum absolute atomic E-state index is 13.1. The van der Waals surface area contributed by atoms with Crippen molar-refractivity contribution in [1.29, 1.82) is 10.5 Å². The molecule has 12 rings (SSSR count). The number of aromatic nitrogens is 8. The van der Waals surface area contributed by atoms with Crippen LogP contribution >= 0.6 is 35.0 Å². The predicted molar refractivity (Wildman–Crippen MR) is 429 cm³/mol. The Hall–Kier alpha value is -9.84. The predicted octanol–water partition coefficient (Wildman–Crippen LogP) is 13.1. The number of amides is 1. The first-order valence-corrected chi connectivity index (χ1v) is 36.0. The number of carbonyl (C=O) groups excluding carboxylic acids is 3. The molecule has 4 aromatic heterocycles. The van der Waals surface area contributed by atoms with E-state index in [-0.39, 0.29) is 88.8 Å². The minimum absolute atomic E-state index is 0. The van der Waals surface area contributed by atoms with Crippen molar-refractivity contribution >= 4 is 58.8 Å². The van der Waals surface area contributed by atoms with E-state index in [1.807, 2.05) is 174 Å². The number of aromatic carboxylic acids is 1. The van der Waals surface area contributed by atoms with Gasteiger partial charge in [0.05, 0.1) is 95.3 Å². The second kappa shape index (κ2) is 42.8. The summed E-state index contributed by atoms with van der Waals surface area (Å²) in [6.45, 7) is 35.0. The number of hydrogen-bond donors (Lipinski definition) is 7. The molecule has 6 aromatic carbocycles. The van der Waals surface area contributed by atoms with Gasteiger partial charge in [0.15, 0.2) is 0 Å². The molecule has 0 unspecified atom stereocenters. The van der Waals surface area contributed by atoms with Crippen molar-refractivity contribution in [3.05, 3.63) is 221 Å². The monoisotopic (exact) mass is 1630 g/mol.